The van der Waals surface area contributed by atoms with E-state index in [1.165, 1.54) is 31.3 Å². The Morgan fingerprint density at radius 1 is 1.04 bits per heavy atom. The largest absolute Gasteiger partial charge is 0.493 e. The number of hydrogen-bond acceptors (Lipinski definition) is 9. The lowest BCUT2D eigenvalue weighted by Gasteiger charge is -2.40. The zero-order valence-electron chi connectivity index (χ0n) is 25.2. The van der Waals surface area contributed by atoms with Gasteiger partial charge in [-0.05, 0) is 48.0 Å². The summed E-state index contributed by atoms with van der Waals surface area (Å²) in [5, 5.41) is 25.3. The smallest absolute Gasteiger partial charge is 0.290 e. The van der Waals surface area contributed by atoms with E-state index in [0.29, 0.717) is 39.2 Å². The van der Waals surface area contributed by atoms with E-state index in [1.807, 2.05) is 0 Å². The number of rotatable bonds is 10. The molecule has 6 rings (SSSR count). The molecule has 0 fully saturated rings. The van der Waals surface area contributed by atoms with E-state index >= 15 is 0 Å². The van der Waals surface area contributed by atoms with E-state index < -0.39 is 36.0 Å². The van der Waals surface area contributed by atoms with Crippen molar-refractivity contribution in [3.8, 4) is 17.2 Å². The third-order valence-corrected chi connectivity index (χ3v) is 9.05. The van der Waals surface area contributed by atoms with Crippen molar-refractivity contribution in [2.75, 3.05) is 27.4 Å². The Morgan fingerprint density at radius 2 is 1.83 bits per heavy atom. The molecule has 2 heterocycles. The summed E-state index contributed by atoms with van der Waals surface area (Å²) in [6.07, 6.45) is -0.286. The number of aliphatic hydroxyl groups excluding tert-OH is 2. The van der Waals surface area contributed by atoms with Gasteiger partial charge >= 0.3 is 0 Å². The second-order valence-electron chi connectivity index (χ2n) is 11.1. The third-order valence-electron chi connectivity index (χ3n) is 8.31. The maximum Gasteiger partial charge on any atom is 0.290 e. The van der Waals surface area contributed by atoms with Gasteiger partial charge < -0.3 is 39.1 Å². The lowest BCUT2D eigenvalue weighted by atomic mass is 9.77. The number of fused-ring (bicyclic) bond motifs is 4. The van der Waals surface area contributed by atoms with Gasteiger partial charge in [0.05, 0.1) is 42.8 Å². The molecule has 11 nitrogen and oxygen atoms in total. The van der Waals surface area contributed by atoms with Gasteiger partial charge in [-0.1, -0.05) is 41.4 Å². The van der Waals surface area contributed by atoms with Gasteiger partial charge in [0.2, 0.25) is 5.91 Å². The molecular formula is C34H30Cl2N2O9. The molecule has 1 aromatic heterocycles. The minimum absolute atomic E-state index is 0.0357. The van der Waals surface area contributed by atoms with Crippen LogP contribution in [0.4, 0.5) is 0 Å². The molecule has 13 heteroatoms. The highest BCUT2D eigenvalue weighted by atomic mass is 35.5. The number of methoxy groups -OCH3 is 2. The summed E-state index contributed by atoms with van der Waals surface area (Å²) >= 11 is 12.5. The van der Waals surface area contributed by atoms with Crippen LogP contribution in [0.5, 0.6) is 17.2 Å². The maximum atomic E-state index is 14.4. The van der Waals surface area contributed by atoms with Gasteiger partial charge in [-0.25, -0.2) is 0 Å². The van der Waals surface area contributed by atoms with Gasteiger partial charge in [0.1, 0.15) is 18.5 Å². The van der Waals surface area contributed by atoms with Crippen molar-refractivity contribution < 1.29 is 43.2 Å². The lowest BCUT2D eigenvalue weighted by Crippen LogP contribution is -2.55. The van der Waals surface area contributed by atoms with E-state index in [9.17, 15) is 24.6 Å². The minimum atomic E-state index is -1.38. The van der Waals surface area contributed by atoms with Crippen LogP contribution in [0.2, 0.25) is 10.0 Å². The molecule has 1 aliphatic carbocycles. The van der Waals surface area contributed by atoms with Crippen molar-refractivity contribution in [1.82, 2.24) is 10.2 Å². The molecule has 4 unspecified atom stereocenters. The number of aldehydes is 1. The monoisotopic (exact) mass is 680 g/mol. The van der Waals surface area contributed by atoms with Crippen LogP contribution < -0.4 is 19.5 Å². The Labute approximate surface area is 279 Å². The van der Waals surface area contributed by atoms with E-state index in [0.717, 1.165) is 0 Å². The Kier molecular flexibility index (Phi) is 9.16. The first-order valence-electron chi connectivity index (χ1n) is 14.6. The van der Waals surface area contributed by atoms with Crippen LogP contribution in [0.1, 0.15) is 38.0 Å². The number of benzene rings is 3. The molecule has 0 saturated carbocycles. The molecule has 2 amide bonds. The zero-order valence-corrected chi connectivity index (χ0v) is 26.7. The van der Waals surface area contributed by atoms with Crippen molar-refractivity contribution in [2.24, 2.45) is 0 Å². The number of para-hydroxylation sites is 1. The minimum Gasteiger partial charge on any atom is -0.493 e. The van der Waals surface area contributed by atoms with Crippen LogP contribution in [0.3, 0.4) is 0 Å². The van der Waals surface area contributed by atoms with Gasteiger partial charge in [0.25, 0.3) is 5.91 Å². The molecule has 4 aromatic rings. The van der Waals surface area contributed by atoms with E-state index in [-0.39, 0.29) is 53.1 Å². The summed E-state index contributed by atoms with van der Waals surface area (Å²) in [6.45, 7) is -0.428. The van der Waals surface area contributed by atoms with Crippen molar-refractivity contribution >= 4 is 52.3 Å². The van der Waals surface area contributed by atoms with Crippen LogP contribution in [-0.4, -0.2) is 78.8 Å². The summed E-state index contributed by atoms with van der Waals surface area (Å²) in [5.74, 6) is -1.07. The van der Waals surface area contributed by atoms with Crippen LogP contribution in [-0.2, 0) is 11.3 Å². The van der Waals surface area contributed by atoms with E-state index in [4.69, 9.17) is 41.8 Å². The number of ether oxygens (including phenoxy) is 3. The molecule has 244 valence electrons. The van der Waals surface area contributed by atoms with Crippen molar-refractivity contribution in [3.63, 3.8) is 0 Å². The molecule has 2 aliphatic rings. The number of hydrogen-bond donors (Lipinski definition) is 3. The molecule has 47 heavy (non-hydrogen) atoms. The molecule has 4 atom stereocenters. The highest BCUT2D eigenvalue weighted by Crippen LogP contribution is 2.51. The standard InChI is InChI=1S/C34H30Cl2N2O9/c1-44-25-5-3-4-19-13-27(46-30(19)25)34(43)38(15-17-6-7-22(35)23(36)11-17)24-14-21(33(42)37-8-9-39)28-20-10-18(16-40)12-26(45-2)31(20)47-32(28)29(24)41/h3-7,10-14,16,24,28-29,32,39,41H,8-9,15H2,1-2H3,(H,37,42). The van der Waals surface area contributed by atoms with Crippen LogP contribution in [0, 0.1) is 0 Å². The van der Waals surface area contributed by atoms with Crippen LogP contribution >= 0.6 is 23.2 Å². The molecule has 0 spiro atoms. The number of amides is 2. The van der Waals surface area contributed by atoms with Crippen LogP contribution in [0.25, 0.3) is 11.0 Å². The van der Waals surface area contributed by atoms with Crippen molar-refractivity contribution in [2.45, 2.75) is 30.7 Å². The van der Waals surface area contributed by atoms with Gasteiger partial charge in [-0.15, -0.1) is 0 Å². The fourth-order valence-electron chi connectivity index (χ4n) is 6.15. The van der Waals surface area contributed by atoms with Gasteiger partial charge in [0.15, 0.2) is 28.6 Å². The Bertz CT molecular complexity index is 1910. The summed E-state index contributed by atoms with van der Waals surface area (Å²) < 4.78 is 23.2. The van der Waals surface area contributed by atoms with Gasteiger partial charge in [-0.3, -0.25) is 14.4 Å². The average Bonchev–Trinajstić information content (AvgIpc) is 3.70. The molecule has 0 saturated heterocycles. The second kappa shape index (κ2) is 13.3. The maximum absolute atomic E-state index is 14.4. The molecule has 0 radical (unpaired) electrons. The fraction of sp³-hybridized carbons (Fsp3) is 0.265. The highest BCUT2D eigenvalue weighted by molar-refractivity contribution is 6.42. The number of furan rings is 1. The number of halogens is 2. The zero-order chi connectivity index (χ0) is 33.4. The van der Waals surface area contributed by atoms with Crippen molar-refractivity contribution in [1.29, 1.82) is 0 Å². The molecular weight excluding hydrogens is 651 g/mol. The SMILES string of the molecule is COc1cc(C=O)cc2c1OC1C2C(C(=O)NCCO)=CC(N(Cc2ccc(Cl)c(Cl)c2)C(=O)c2cc3cccc(OC)c3o2)C1O. The normalized spacial score (nSPS) is 19.7. The quantitative estimate of drug-likeness (QED) is 0.205. The summed E-state index contributed by atoms with van der Waals surface area (Å²) in [4.78, 5) is 41.2. The predicted octanol–water partition coefficient (Wildman–Crippen LogP) is 4.53. The average molecular weight is 682 g/mol. The lowest BCUT2D eigenvalue weighted by molar-refractivity contribution is -0.118. The Balaban J connectivity index is 1.49. The molecule has 3 aromatic carbocycles. The number of nitrogens with zero attached hydrogens (tertiary/aromatic N) is 1. The Morgan fingerprint density at radius 3 is 2.53 bits per heavy atom. The molecule has 1 aliphatic heterocycles. The third kappa shape index (κ3) is 5.91. The van der Waals surface area contributed by atoms with E-state index in [1.54, 1.807) is 48.5 Å². The second-order valence-corrected chi connectivity index (χ2v) is 11.9. The number of carbonyl (C=O) groups is 3. The highest BCUT2D eigenvalue weighted by Gasteiger charge is 2.51. The molecule has 3 N–H and O–H groups in total. The van der Waals surface area contributed by atoms with Crippen LogP contribution in [0.15, 0.2) is 70.7 Å². The van der Waals surface area contributed by atoms with Gasteiger partial charge in [0, 0.05) is 35.2 Å². The van der Waals surface area contributed by atoms with E-state index in [2.05, 4.69) is 5.32 Å². The topological polar surface area (TPSA) is 148 Å². The number of carbonyl (C=O) groups excluding carboxylic acids is 3. The fourth-order valence-corrected chi connectivity index (χ4v) is 6.47. The number of nitrogens with one attached hydrogen (secondary N) is 1. The summed E-state index contributed by atoms with van der Waals surface area (Å²) in [7, 11) is 2.91. The number of aliphatic hydroxyl groups is 2. The predicted molar refractivity (Wildman–Crippen MR) is 173 cm³/mol. The van der Waals surface area contributed by atoms with Crippen molar-refractivity contribution in [3.05, 3.63) is 98.7 Å². The van der Waals surface area contributed by atoms with Gasteiger partial charge in [-0.2, -0.15) is 0 Å². The summed E-state index contributed by atoms with van der Waals surface area (Å²) in [5.41, 5.74) is 1.87. The summed E-state index contributed by atoms with van der Waals surface area (Å²) in [6, 6.07) is 13.7. The molecule has 0 bridgehead atoms. The first kappa shape index (κ1) is 32.4. The first-order chi connectivity index (χ1) is 22.7. The first-order valence-corrected chi connectivity index (χ1v) is 15.4. The Hall–Kier alpha value is -4.55.